The molecule has 0 saturated carbocycles. The standard InChI is InChI=1S/C20H27N3O3/c1-4-22-11-9-21-20(22)16-6-5-10-23(14-16)19(24)13-15-7-8-17(25-2)18(12-15)26-3/h7-9,11-12,16H,4-6,10,13-14H2,1-3H3/t16-/m1/s1. The van der Waals surface area contributed by atoms with E-state index in [9.17, 15) is 4.79 Å². The van der Waals surface area contributed by atoms with E-state index in [1.807, 2.05) is 35.5 Å². The number of carbonyl (C=O) groups excluding carboxylic acids is 1. The summed E-state index contributed by atoms with van der Waals surface area (Å²) in [7, 11) is 3.21. The molecule has 1 atom stereocenters. The topological polar surface area (TPSA) is 56.6 Å². The maximum absolute atomic E-state index is 12.8. The van der Waals surface area contributed by atoms with Crippen LogP contribution in [0.4, 0.5) is 0 Å². The monoisotopic (exact) mass is 357 g/mol. The number of benzene rings is 1. The second-order valence-electron chi connectivity index (χ2n) is 6.62. The number of aromatic nitrogens is 2. The fourth-order valence-electron chi connectivity index (χ4n) is 3.64. The first-order chi connectivity index (χ1) is 12.7. The molecule has 0 bridgehead atoms. The fraction of sp³-hybridized carbons (Fsp3) is 0.500. The molecule has 0 radical (unpaired) electrons. The summed E-state index contributed by atoms with van der Waals surface area (Å²) in [5, 5.41) is 0. The molecule has 0 unspecified atom stereocenters. The summed E-state index contributed by atoms with van der Waals surface area (Å²) in [6, 6.07) is 5.64. The molecule has 2 heterocycles. The summed E-state index contributed by atoms with van der Waals surface area (Å²) in [5.74, 6) is 2.88. The smallest absolute Gasteiger partial charge is 0.227 e. The minimum atomic E-state index is 0.150. The largest absolute Gasteiger partial charge is 0.493 e. The first-order valence-corrected chi connectivity index (χ1v) is 9.16. The zero-order chi connectivity index (χ0) is 18.5. The molecule has 0 N–H and O–H groups in total. The van der Waals surface area contributed by atoms with Gasteiger partial charge in [-0.1, -0.05) is 6.07 Å². The summed E-state index contributed by atoms with van der Waals surface area (Å²) >= 11 is 0. The summed E-state index contributed by atoms with van der Waals surface area (Å²) < 4.78 is 12.8. The van der Waals surface area contributed by atoms with E-state index in [1.54, 1.807) is 14.2 Å². The Hall–Kier alpha value is -2.50. The molecule has 26 heavy (non-hydrogen) atoms. The van der Waals surface area contributed by atoms with Crippen LogP contribution in [0.2, 0.25) is 0 Å². The number of hydrogen-bond acceptors (Lipinski definition) is 4. The molecule has 6 nitrogen and oxygen atoms in total. The molecule has 1 aromatic heterocycles. The third-order valence-corrected chi connectivity index (χ3v) is 5.03. The number of likely N-dealkylation sites (tertiary alicyclic amines) is 1. The second-order valence-corrected chi connectivity index (χ2v) is 6.62. The molecule has 1 saturated heterocycles. The summed E-state index contributed by atoms with van der Waals surface area (Å²) in [6.45, 7) is 4.58. The van der Waals surface area contributed by atoms with E-state index in [-0.39, 0.29) is 5.91 Å². The molecular weight excluding hydrogens is 330 g/mol. The van der Waals surface area contributed by atoms with E-state index in [0.717, 1.165) is 43.9 Å². The number of carbonyl (C=O) groups is 1. The Morgan fingerprint density at radius 1 is 1.27 bits per heavy atom. The van der Waals surface area contributed by atoms with E-state index in [4.69, 9.17) is 9.47 Å². The molecule has 1 aliphatic heterocycles. The first kappa shape index (κ1) is 18.3. The zero-order valence-electron chi connectivity index (χ0n) is 15.8. The van der Waals surface area contributed by atoms with E-state index in [0.29, 0.717) is 23.8 Å². The van der Waals surface area contributed by atoms with Crippen molar-refractivity contribution >= 4 is 5.91 Å². The summed E-state index contributed by atoms with van der Waals surface area (Å²) in [4.78, 5) is 19.3. The van der Waals surface area contributed by atoms with E-state index in [1.165, 1.54) is 0 Å². The Morgan fingerprint density at radius 2 is 2.08 bits per heavy atom. The Labute approximate surface area is 154 Å². The Balaban J connectivity index is 1.68. The maximum atomic E-state index is 12.8. The van der Waals surface area contributed by atoms with Gasteiger partial charge in [0.15, 0.2) is 11.5 Å². The van der Waals surface area contributed by atoms with E-state index in [2.05, 4.69) is 16.5 Å². The fourth-order valence-corrected chi connectivity index (χ4v) is 3.64. The van der Waals surface area contributed by atoms with Crippen molar-refractivity contribution in [3.63, 3.8) is 0 Å². The lowest BCUT2D eigenvalue weighted by molar-refractivity contribution is -0.131. The number of aryl methyl sites for hydroxylation is 1. The highest BCUT2D eigenvalue weighted by atomic mass is 16.5. The number of ether oxygens (including phenoxy) is 2. The third kappa shape index (κ3) is 3.84. The van der Waals surface area contributed by atoms with Crippen molar-refractivity contribution in [1.82, 2.24) is 14.5 Å². The average molecular weight is 357 g/mol. The number of imidazole rings is 1. The van der Waals surface area contributed by atoms with Gasteiger partial charge < -0.3 is 18.9 Å². The molecule has 1 aromatic carbocycles. The summed E-state index contributed by atoms with van der Waals surface area (Å²) in [6.07, 6.45) is 6.33. The number of nitrogens with zero attached hydrogens (tertiary/aromatic N) is 3. The van der Waals surface area contributed by atoms with Gasteiger partial charge in [0, 0.05) is 37.9 Å². The van der Waals surface area contributed by atoms with E-state index < -0.39 is 0 Å². The van der Waals surface area contributed by atoms with Gasteiger partial charge >= 0.3 is 0 Å². The number of rotatable bonds is 6. The van der Waals surface area contributed by atoms with Crippen LogP contribution in [0.25, 0.3) is 0 Å². The van der Waals surface area contributed by atoms with Crippen molar-refractivity contribution in [3.05, 3.63) is 42.0 Å². The van der Waals surface area contributed by atoms with Gasteiger partial charge in [0.05, 0.1) is 20.6 Å². The van der Waals surface area contributed by atoms with Crippen molar-refractivity contribution in [2.24, 2.45) is 0 Å². The molecule has 0 spiro atoms. The highest BCUT2D eigenvalue weighted by molar-refractivity contribution is 5.79. The minimum absolute atomic E-state index is 0.150. The molecule has 2 aromatic rings. The van der Waals surface area contributed by atoms with Gasteiger partial charge in [-0.2, -0.15) is 0 Å². The number of piperidine rings is 1. The molecule has 1 fully saturated rings. The van der Waals surface area contributed by atoms with Crippen molar-refractivity contribution in [1.29, 1.82) is 0 Å². The van der Waals surface area contributed by atoms with Crippen LogP contribution in [-0.2, 0) is 17.8 Å². The molecule has 1 aliphatic rings. The van der Waals surface area contributed by atoms with Gasteiger partial charge in [0.25, 0.3) is 0 Å². The summed E-state index contributed by atoms with van der Waals surface area (Å²) in [5.41, 5.74) is 0.935. The van der Waals surface area contributed by atoms with Crippen molar-refractivity contribution in [3.8, 4) is 11.5 Å². The molecule has 6 heteroatoms. The average Bonchev–Trinajstić information content (AvgIpc) is 3.16. The predicted octanol–water partition coefficient (Wildman–Crippen LogP) is 2.87. The molecule has 1 amide bonds. The highest BCUT2D eigenvalue weighted by Crippen LogP contribution is 2.29. The highest BCUT2D eigenvalue weighted by Gasteiger charge is 2.27. The van der Waals surface area contributed by atoms with Crippen LogP contribution in [0.1, 0.15) is 37.1 Å². The lowest BCUT2D eigenvalue weighted by atomic mass is 9.96. The van der Waals surface area contributed by atoms with Crippen molar-refractivity contribution < 1.29 is 14.3 Å². The number of hydrogen-bond donors (Lipinski definition) is 0. The van der Waals surface area contributed by atoms with Gasteiger partial charge in [-0.15, -0.1) is 0 Å². The van der Waals surface area contributed by atoms with Crippen LogP contribution < -0.4 is 9.47 Å². The van der Waals surface area contributed by atoms with Crippen LogP contribution in [0.15, 0.2) is 30.6 Å². The molecule has 140 valence electrons. The minimum Gasteiger partial charge on any atom is -0.493 e. The Bertz CT molecular complexity index is 757. The van der Waals surface area contributed by atoms with Gasteiger partial charge in [0.2, 0.25) is 5.91 Å². The number of amides is 1. The Morgan fingerprint density at radius 3 is 2.81 bits per heavy atom. The lowest BCUT2D eigenvalue weighted by Crippen LogP contribution is -2.40. The molecular formula is C20H27N3O3. The first-order valence-electron chi connectivity index (χ1n) is 9.16. The predicted molar refractivity (Wildman–Crippen MR) is 99.7 cm³/mol. The van der Waals surface area contributed by atoms with Crippen LogP contribution in [0, 0.1) is 0 Å². The lowest BCUT2D eigenvalue weighted by Gasteiger charge is -2.32. The molecule has 3 rings (SSSR count). The number of methoxy groups -OCH3 is 2. The van der Waals surface area contributed by atoms with Gasteiger partial charge in [0.1, 0.15) is 5.82 Å². The van der Waals surface area contributed by atoms with Crippen LogP contribution in [-0.4, -0.2) is 47.7 Å². The normalized spacial score (nSPS) is 17.2. The maximum Gasteiger partial charge on any atom is 0.227 e. The molecule has 0 aliphatic carbocycles. The SMILES string of the molecule is CCn1ccnc1[C@@H]1CCCN(C(=O)Cc2ccc(OC)c(OC)c2)C1. The van der Waals surface area contributed by atoms with Gasteiger partial charge in [-0.3, -0.25) is 4.79 Å². The third-order valence-electron chi connectivity index (χ3n) is 5.03. The van der Waals surface area contributed by atoms with E-state index >= 15 is 0 Å². The van der Waals surface area contributed by atoms with Crippen LogP contribution in [0.5, 0.6) is 11.5 Å². The van der Waals surface area contributed by atoms with Crippen LogP contribution >= 0.6 is 0 Å². The van der Waals surface area contributed by atoms with Crippen molar-refractivity contribution in [2.75, 3.05) is 27.3 Å². The second kappa shape index (κ2) is 8.25. The van der Waals surface area contributed by atoms with Gasteiger partial charge in [-0.25, -0.2) is 4.98 Å². The quantitative estimate of drug-likeness (QED) is 0.798. The van der Waals surface area contributed by atoms with Gasteiger partial charge in [-0.05, 0) is 37.5 Å². The van der Waals surface area contributed by atoms with Crippen LogP contribution in [0.3, 0.4) is 0 Å². The Kier molecular flexibility index (Phi) is 5.81. The van der Waals surface area contributed by atoms with Crippen molar-refractivity contribution in [2.45, 2.75) is 38.6 Å². The zero-order valence-corrected chi connectivity index (χ0v) is 15.8.